The van der Waals surface area contributed by atoms with E-state index in [9.17, 15) is 9.59 Å². The standard InChI is InChI=1S/C19H23N5O2S/c1-2-10-24-18(14-7-4-3-5-8-14)21-22-19(24)27-13-16(25)23-11-6-9-15(12-23)17(20)26/h2-5,7-8,15H,1,6,9-13H2,(H2,20,26)/t15-/m1/s1. The maximum Gasteiger partial charge on any atom is 0.233 e. The fourth-order valence-corrected chi connectivity index (χ4v) is 3.99. The summed E-state index contributed by atoms with van der Waals surface area (Å²) < 4.78 is 1.95. The zero-order valence-electron chi connectivity index (χ0n) is 15.1. The molecule has 1 atom stereocenters. The van der Waals surface area contributed by atoms with Crippen LogP contribution in [0.15, 0.2) is 48.1 Å². The maximum absolute atomic E-state index is 12.6. The van der Waals surface area contributed by atoms with Crippen molar-refractivity contribution in [1.29, 1.82) is 0 Å². The topological polar surface area (TPSA) is 94.1 Å². The molecule has 2 N–H and O–H groups in total. The molecule has 0 spiro atoms. The third-order valence-electron chi connectivity index (χ3n) is 4.56. The Morgan fingerprint density at radius 2 is 2.07 bits per heavy atom. The first-order valence-electron chi connectivity index (χ1n) is 8.89. The number of aromatic nitrogens is 3. The number of rotatable bonds is 7. The van der Waals surface area contributed by atoms with Gasteiger partial charge in [0, 0.05) is 25.2 Å². The highest BCUT2D eigenvalue weighted by Gasteiger charge is 2.27. The maximum atomic E-state index is 12.6. The Bertz CT molecular complexity index is 821. The molecule has 142 valence electrons. The third-order valence-corrected chi connectivity index (χ3v) is 5.51. The minimum Gasteiger partial charge on any atom is -0.369 e. The van der Waals surface area contributed by atoms with Gasteiger partial charge in [0.2, 0.25) is 11.8 Å². The SMILES string of the molecule is C=CCn1c(SCC(=O)N2CCC[C@@H](C(N)=O)C2)nnc1-c1ccccc1. The summed E-state index contributed by atoms with van der Waals surface area (Å²) in [6.45, 7) is 5.43. The van der Waals surface area contributed by atoms with Gasteiger partial charge in [-0.15, -0.1) is 16.8 Å². The van der Waals surface area contributed by atoms with Gasteiger partial charge in [-0.2, -0.15) is 0 Å². The minimum atomic E-state index is -0.335. The first-order valence-corrected chi connectivity index (χ1v) is 9.88. The van der Waals surface area contributed by atoms with Crippen molar-refractivity contribution in [2.45, 2.75) is 24.5 Å². The van der Waals surface area contributed by atoms with Crippen LogP contribution in [0.3, 0.4) is 0 Å². The molecule has 0 radical (unpaired) electrons. The lowest BCUT2D eigenvalue weighted by Crippen LogP contribution is -2.44. The second-order valence-corrected chi connectivity index (χ2v) is 7.38. The number of hydrogen-bond donors (Lipinski definition) is 1. The van der Waals surface area contributed by atoms with E-state index < -0.39 is 0 Å². The van der Waals surface area contributed by atoms with Crippen LogP contribution in [0.2, 0.25) is 0 Å². The van der Waals surface area contributed by atoms with Crippen LogP contribution < -0.4 is 5.73 Å². The smallest absolute Gasteiger partial charge is 0.233 e. The van der Waals surface area contributed by atoms with E-state index in [1.807, 2.05) is 34.9 Å². The van der Waals surface area contributed by atoms with E-state index in [1.165, 1.54) is 11.8 Å². The van der Waals surface area contributed by atoms with Crippen LogP contribution in [-0.2, 0) is 16.1 Å². The van der Waals surface area contributed by atoms with Gasteiger partial charge in [-0.1, -0.05) is 48.2 Å². The lowest BCUT2D eigenvalue weighted by atomic mass is 9.97. The van der Waals surface area contributed by atoms with E-state index in [4.69, 9.17) is 5.73 Å². The van der Waals surface area contributed by atoms with Gasteiger partial charge in [0.25, 0.3) is 0 Å². The summed E-state index contributed by atoms with van der Waals surface area (Å²) in [5, 5.41) is 9.22. The molecule has 7 nitrogen and oxygen atoms in total. The molecule has 3 rings (SSSR count). The van der Waals surface area contributed by atoms with Crippen LogP contribution in [0, 0.1) is 5.92 Å². The fourth-order valence-electron chi connectivity index (χ4n) is 3.14. The van der Waals surface area contributed by atoms with Gasteiger partial charge in [0.15, 0.2) is 11.0 Å². The number of carbonyl (C=O) groups excluding carboxylic acids is 2. The number of nitrogens with two attached hydrogens (primary N) is 1. The number of hydrogen-bond acceptors (Lipinski definition) is 5. The average Bonchev–Trinajstić information content (AvgIpc) is 3.10. The normalized spacial score (nSPS) is 16.9. The van der Waals surface area contributed by atoms with Crippen molar-refractivity contribution in [1.82, 2.24) is 19.7 Å². The van der Waals surface area contributed by atoms with Crippen LogP contribution in [0.25, 0.3) is 11.4 Å². The first-order chi connectivity index (χ1) is 13.1. The van der Waals surface area contributed by atoms with E-state index >= 15 is 0 Å². The van der Waals surface area contributed by atoms with Crippen LogP contribution in [0.1, 0.15) is 12.8 Å². The lowest BCUT2D eigenvalue weighted by Gasteiger charge is -2.31. The molecule has 0 unspecified atom stereocenters. The second-order valence-electron chi connectivity index (χ2n) is 6.44. The monoisotopic (exact) mass is 385 g/mol. The molecule has 1 aromatic carbocycles. The molecule has 2 amide bonds. The molecule has 1 aliphatic heterocycles. The first kappa shape index (κ1) is 19.2. The molecule has 2 heterocycles. The quantitative estimate of drug-likeness (QED) is 0.581. The Labute approximate surface area is 162 Å². The number of benzene rings is 1. The van der Waals surface area contributed by atoms with E-state index in [1.54, 1.807) is 11.0 Å². The summed E-state index contributed by atoms with van der Waals surface area (Å²) in [5.41, 5.74) is 6.36. The molecular weight excluding hydrogens is 362 g/mol. The molecule has 1 aliphatic rings. The number of allylic oxidation sites excluding steroid dienone is 1. The van der Waals surface area contributed by atoms with Crippen LogP contribution in [0.4, 0.5) is 0 Å². The Morgan fingerprint density at radius 1 is 1.30 bits per heavy atom. The average molecular weight is 385 g/mol. The number of likely N-dealkylation sites (tertiary alicyclic amines) is 1. The summed E-state index contributed by atoms with van der Waals surface area (Å²) in [6, 6.07) is 9.79. The predicted octanol–water partition coefficient (Wildman–Crippen LogP) is 1.95. The molecule has 8 heteroatoms. The number of piperidine rings is 1. The van der Waals surface area contributed by atoms with E-state index in [0.29, 0.717) is 24.8 Å². The molecule has 0 saturated carbocycles. The van der Waals surface area contributed by atoms with Gasteiger partial charge in [-0.25, -0.2) is 0 Å². The van der Waals surface area contributed by atoms with Crippen molar-refractivity contribution in [2.75, 3.05) is 18.8 Å². The zero-order chi connectivity index (χ0) is 19.2. The highest BCUT2D eigenvalue weighted by molar-refractivity contribution is 7.99. The minimum absolute atomic E-state index is 0.0136. The molecule has 2 aromatic rings. The number of amides is 2. The predicted molar refractivity (Wildman–Crippen MR) is 105 cm³/mol. The van der Waals surface area contributed by atoms with Gasteiger partial charge in [-0.3, -0.25) is 14.2 Å². The van der Waals surface area contributed by atoms with Crippen molar-refractivity contribution in [2.24, 2.45) is 11.7 Å². The van der Waals surface area contributed by atoms with Crippen molar-refractivity contribution in [3.63, 3.8) is 0 Å². The molecule has 0 aliphatic carbocycles. The fraction of sp³-hybridized carbons (Fsp3) is 0.368. The summed E-state index contributed by atoms with van der Waals surface area (Å²) in [4.78, 5) is 25.7. The highest BCUT2D eigenvalue weighted by atomic mass is 32.2. The number of thioether (sulfide) groups is 1. The van der Waals surface area contributed by atoms with E-state index in [-0.39, 0.29) is 23.5 Å². The Hall–Kier alpha value is -2.61. The van der Waals surface area contributed by atoms with Crippen molar-refractivity contribution in [3.8, 4) is 11.4 Å². The Kier molecular flexibility index (Phi) is 6.28. The van der Waals surface area contributed by atoms with Crippen LogP contribution in [-0.4, -0.2) is 50.3 Å². The molecule has 0 bridgehead atoms. The largest absolute Gasteiger partial charge is 0.369 e. The van der Waals surface area contributed by atoms with Crippen molar-refractivity contribution >= 4 is 23.6 Å². The van der Waals surface area contributed by atoms with Crippen molar-refractivity contribution in [3.05, 3.63) is 43.0 Å². The summed E-state index contributed by atoms with van der Waals surface area (Å²) in [6.07, 6.45) is 3.33. The number of primary amides is 1. The van der Waals surface area contributed by atoms with Gasteiger partial charge in [-0.05, 0) is 12.8 Å². The molecule has 1 fully saturated rings. The molecule has 1 saturated heterocycles. The van der Waals surface area contributed by atoms with Crippen LogP contribution in [0.5, 0.6) is 0 Å². The Balaban J connectivity index is 1.69. The summed E-state index contributed by atoms with van der Waals surface area (Å²) in [7, 11) is 0. The summed E-state index contributed by atoms with van der Waals surface area (Å²) >= 11 is 1.35. The van der Waals surface area contributed by atoms with E-state index in [2.05, 4.69) is 16.8 Å². The number of carbonyl (C=O) groups is 2. The highest BCUT2D eigenvalue weighted by Crippen LogP contribution is 2.25. The van der Waals surface area contributed by atoms with Crippen molar-refractivity contribution < 1.29 is 9.59 Å². The van der Waals surface area contributed by atoms with Gasteiger partial charge < -0.3 is 10.6 Å². The van der Waals surface area contributed by atoms with Gasteiger partial charge >= 0.3 is 0 Å². The molecule has 27 heavy (non-hydrogen) atoms. The van der Waals surface area contributed by atoms with Gasteiger partial charge in [0.1, 0.15) is 0 Å². The number of nitrogens with zero attached hydrogens (tertiary/aromatic N) is 4. The molecular formula is C19H23N5O2S. The van der Waals surface area contributed by atoms with Gasteiger partial charge in [0.05, 0.1) is 11.7 Å². The summed E-state index contributed by atoms with van der Waals surface area (Å²) in [5.74, 6) is 0.396. The van der Waals surface area contributed by atoms with Crippen LogP contribution >= 0.6 is 11.8 Å². The molecule has 1 aromatic heterocycles. The second kappa shape index (κ2) is 8.85. The third kappa shape index (κ3) is 4.57. The van der Waals surface area contributed by atoms with E-state index in [0.717, 1.165) is 24.2 Å². The zero-order valence-corrected chi connectivity index (χ0v) is 15.9. The lowest BCUT2D eigenvalue weighted by molar-refractivity contribution is -0.132. The Morgan fingerprint density at radius 3 is 2.78 bits per heavy atom.